The molecule has 7 heteroatoms. The van der Waals surface area contributed by atoms with Gasteiger partial charge in [0.1, 0.15) is 6.10 Å². The number of nitrogens with zero attached hydrogens (tertiary/aromatic N) is 1. The van der Waals surface area contributed by atoms with Crippen LogP contribution < -0.4 is 5.32 Å². The molecule has 0 radical (unpaired) electrons. The molecule has 1 aromatic rings. The van der Waals surface area contributed by atoms with E-state index >= 15 is 0 Å². The largest absolute Gasteiger partial charge is 0.347 e. The lowest BCUT2D eigenvalue weighted by Crippen LogP contribution is -2.53. The van der Waals surface area contributed by atoms with E-state index in [-0.39, 0.29) is 12.2 Å². The maximum atomic E-state index is 12.7. The summed E-state index contributed by atoms with van der Waals surface area (Å²) >= 11 is 12.0. The normalized spacial score (nSPS) is 31.6. The number of piperidine rings is 1. The highest BCUT2D eigenvalue weighted by atomic mass is 35.5. The molecule has 3 aliphatic heterocycles. The van der Waals surface area contributed by atoms with E-state index in [1.165, 1.54) is 25.9 Å². The topological polar surface area (TPSA) is 50.8 Å². The van der Waals surface area contributed by atoms with Crippen LogP contribution in [0.4, 0.5) is 0 Å². The molecule has 4 rings (SSSR count). The number of carbonyl (C=O) groups excluding carboxylic acids is 1. The van der Waals surface area contributed by atoms with Gasteiger partial charge in [-0.1, -0.05) is 29.3 Å². The van der Waals surface area contributed by atoms with E-state index in [4.69, 9.17) is 32.7 Å². The minimum absolute atomic E-state index is 0.0277. The highest BCUT2D eigenvalue weighted by Crippen LogP contribution is 2.35. The number of ether oxygens (including phenoxy) is 2. The summed E-state index contributed by atoms with van der Waals surface area (Å²) in [6, 6.07) is 5.63. The highest BCUT2D eigenvalue weighted by molar-refractivity contribution is 6.42. The number of benzene rings is 1. The van der Waals surface area contributed by atoms with Gasteiger partial charge in [0, 0.05) is 38.4 Å². The molecule has 0 aliphatic carbocycles. The number of carbonyl (C=O) groups is 1. The van der Waals surface area contributed by atoms with Crippen LogP contribution in [0.15, 0.2) is 18.2 Å². The summed E-state index contributed by atoms with van der Waals surface area (Å²) in [6.45, 7) is 4.56. The van der Waals surface area contributed by atoms with Crippen molar-refractivity contribution in [2.75, 3.05) is 32.8 Å². The van der Waals surface area contributed by atoms with Crippen LogP contribution in [0.5, 0.6) is 0 Å². The van der Waals surface area contributed by atoms with Crippen LogP contribution >= 0.6 is 23.2 Å². The average molecular weight is 413 g/mol. The van der Waals surface area contributed by atoms with Crippen LogP contribution in [-0.2, 0) is 20.7 Å². The third-order valence-corrected chi connectivity index (χ3v) is 6.49. The molecule has 0 saturated carbocycles. The lowest BCUT2D eigenvalue weighted by molar-refractivity contribution is -0.192. The Morgan fingerprint density at radius 3 is 2.85 bits per heavy atom. The van der Waals surface area contributed by atoms with Crippen molar-refractivity contribution in [3.63, 3.8) is 0 Å². The van der Waals surface area contributed by atoms with Gasteiger partial charge in [-0.15, -0.1) is 0 Å². The molecule has 3 unspecified atom stereocenters. The maximum Gasteiger partial charge on any atom is 0.172 e. The molecule has 1 N–H and O–H groups in total. The second-order valence-corrected chi connectivity index (χ2v) is 8.65. The number of halogens is 2. The minimum Gasteiger partial charge on any atom is -0.347 e. The zero-order valence-electron chi connectivity index (χ0n) is 15.4. The first-order valence-corrected chi connectivity index (χ1v) is 10.5. The van der Waals surface area contributed by atoms with Gasteiger partial charge < -0.3 is 19.7 Å². The van der Waals surface area contributed by atoms with Crippen molar-refractivity contribution in [1.82, 2.24) is 10.2 Å². The standard InChI is InChI=1S/C20H26Cl2N2O3/c21-16-4-3-14(9-17(16)22)10-18(25)19-13-26-20(27-19)5-6-23-15(11-20)12-24-7-1-2-8-24/h3-4,9,15,19,23H,1-2,5-8,10-13H2. The molecule has 0 amide bonds. The molecule has 27 heavy (non-hydrogen) atoms. The Balaban J connectivity index is 1.34. The molecular formula is C20H26Cl2N2O3. The van der Waals surface area contributed by atoms with Crippen LogP contribution in [0.1, 0.15) is 31.2 Å². The monoisotopic (exact) mass is 412 g/mol. The predicted octanol–water partition coefficient (Wildman–Crippen LogP) is 3.06. The summed E-state index contributed by atoms with van der Waals surface area (Å²) in [5, 5.41) is 4.53. The highest BCUT2D eigenvalue weighted by Gasteiger charge is 2.47. The molecule has 1 spiro atoms. The predicted molar refractivity (Wildman–Crippen MR) is 105 cm³/mol. The quantitative estimate of drug-likeness (QED) is 0.804. The first-order valence-electron chi connectivity index (χ1n) is 9.77. The number of hydrogen-bond donors (Lipinski definition) is 1. The third kappa shape index (κ3) is 4.66. The van der Waals surface area contributed by atoms with E-state index in [2.05, 4.69) is 10.2 Å². The van der Waals surface area contributed by atoms with Crippen LogP contribution in [0.2, 0.25) is 10.0 Å². The maximum absolute atomic E-state index is 12.7. The Bertz CT molecular complexity index is 696. The van der Waals surface area contributed by atoms with Crippen LogP contribution in [0, 0.1) is 0 Å². The molecule has 0 aromatic heterocycles. The number of rotatable bonds is 5. The first-order chi connectivity index (χ1) is 13.0. The number of nitrogens with one attached hydrogen (secondary N) is 1. The van der Waals surface area contributed by atoms with Crippen molar-refractivity contribution in [1.29, 1.82) is 0 Å². The Labute approximate surface area is 170 Å². The second kappa shape index (κ2) is 8.36. The molecule has 5 nitrogen and oxygen atoms in total. The smallest absolute Gasteiger partial charge is 0.172 e. The van der Waals surface area contributed by atoms with Crippen LogP contribution in [0.3, 0.4) is 0 Å². The molecule has 3 atom stereocenters. The summed E-state index contributed by atoms with van der Waals surface area (Å²) in [6.07, 6.45) is 3.91. The SMILES string of the molecule is O=C(Cc1ccc(Cl)c(Cl)c1)C1COC2(CCNC(CN3CCCC3)C2)O1. The minimum atomic E-state index is -0.617. The van der Waals surface area contributed by atoms with Crippen LogP contribution in [0.25, 0.3) is 0 Å². The van der Waals surface area contributed by atoms with Crippen LogP contribution in [-0.4, -0.2) is 61.4 Å². The van der Waals surface area contributed by atoms with Gasteiger partial charge in [0.05, 0.1) is 16.7 Å². The van der Waals surface area contributed by atoms with E-state index in [0.29, 0.717) is 22.7 Å². The number of likely N-dealkylation sites (tertiary alicyclic amines) is 1. The van der Waals surface area contributed by atoms with Gasteiger partial charge in [-0.2, -0.15) is 0 Å². The van der Waals surface area contributed by atoms with E-state index in [1.807, 2.05) is 6.07 Å². The van der Waals surface area contributed by atoms with E-state index < -0.39 is 11.9 Å². The van der Waals surface area contributed by atoms with E-state index in [9.17, 15) is 4.79 Å². The molecule has 0 bridgehead atoms. The van der Waals surface area contributed by atoms with Gasteiger partial charge in [-0.05, 0) is 43.6 Å². The van der Waals surface area contributed by atoms with Crippen molar-refractivity contribution in [2.24, 2.45) is 0 Å². The van der Waals surface area contributed by atoms with Crippen molar-refractivity contribution in [3.8, 4) is 0 Å². The molecule has 148 valence electrons. The fraction of sp³-hybridized carbons (Fsp3) is 0.650. The van der Waals surface area contributed by atoms with Gasteiger partial charge in [0.2, 0.25) is 0 Å². The van der Waals surface area contributed by atoms with Crippen molar-refractivity contribution in [3.05, 3.63) is 33.8 Å². The van der Waals surface area contributed by atoms with Gasteiger partial charge in [-0.25, -0.2) is 0 Å². The fourth-order valence-electron chi connectivity index (χ4n) is 4.34. The fourth-order valence-corrected chi connectivity index (χ4v) is 4.66. The Kier molecular flexibility index (Phi) is 6.07. The zero-order chi connectivity index (χ0) is 18.9. The Morgan fingerprint density at radius 2 is 2.07 bits per heavy atom. The van der Waals surface area contributed by atoms with Crippen molar-refractivity contribution in [2.45, 2.75) is 50.0 Å². The zero-order valence-corrected chi connectivity index (χ0v) is 16.9. The number of hydrogen-bond acceptors (Lipinski definition) is 5. The summed E-state index contributed by atoms with van der Waals surface area (Å²) in [5.41, 5.74) is 0.844. The summed E-state index contributed by atoms with van der Waals surface area (Å²) in [5.74, 6) is -0.590. The number of Topliss-reactive ketones (excluding diaryl/α,β-unsaturated/α-hetero) is 1. The summed E-state index contributed by atoms with van der Waals surface area (Å²) < 4.78 is 12.2. The average Bonchev–Trinajstić information content (AvgIpc) is 3.29. The summed E-state index contributed by atoms with van der Waals surface area (Å²) in [4.78, 5) is 15.2. The Morgan fingerprint density at radius 1 is 1.26 bits per heavy atom. The van der Waals surface area contributed by atoms with Gasteiger partial charge in [0.15, 0.2) is 11.6 Å². The third-order valence-electron chi connectivity index (χ3n) is 5.75. The molecule has 1 aromatic carbocycles. The lowest BCUT2D eigenvalue weighted by atomic mass is 9.97. The second-order valence-electron chi connectivity index (χ2n) is 7.83. The van der Waals surface area contributed by atoms with E-state index in [0.717, 1.165) is 31.5 Å². The molecule has 3 saturated heterocycles. The van der Waals surface area contributed by atoms with Gasteiger partial charge in [-0.3, -0.25) is 4.79 Å². The number of ketones is 1. The van der Waals surface area contributed by atoms with Gasteiger partial charge in [0.25, 0.3) is 0 Å². The summed E-state index contributed by atoms with van der Waals surface area (Å²) in [7, 11) is 0. The van der Waals surface area contributed by atoms with E-state index in [1.54, 1.807) is 12.1 Å². The lowest BCUT2D eigenvalue weighted by Gasteiger charge is -2.38. The molecule has 3 heterocycles. The van der Waals surface area contributed by atoms with Crippen molar-refractivity contribution < 1.29 is 14.3 Å². The van der Waals surface area contributed by atoms with Crippen molar-refractivity contribution >= 4 is 29.0 Å². The molecular weight excluding hydrogens is 387 g/mol. The first kappa shape index (κ1) is 19.6. The van der Waals surface area contributed by atoms with Gasteiger partial charge >= 0.3 is 0 Å². The Hall–Kier alpha value is -0.690. The molecule has 3 aliphatic rings. The molecule has 3 fully saturated rings.